The molecule has 0 saturated heterocycles. The molecule has 1 aliphatic rings. The summed E-state index contributed by atoms with van der Waals surface area (Å²) < 4.78 is 17.8. The highest BCUT2D eigenvalue weighted by Gasteiger charge is 2.42. The first-order chi connectivity index (χ1) is 17.9. The monoisotopic (exact) mass is 575 g/mol. The SMILES string of the molecule is COc1cnc(Cl)cc1-c1cc(C)ncc1C(=O)Nc1nnc(OC[C@H]2C[C@H](O[Si](C)(C)C(C)(C)C)C2)s1. The van der Waals surface area contributed by atoms with E-state index in [1.54, 1.807) is 12.1 Å². The molecular formula is C26H34ClN5O4SSi. The number of carbonyl (C=O) groups excluding carboxylic acids is 1. The van der Waals surface area contributed by atoms with Crippen LogP contribution in [0.1, 0.15) is 49.7 Å². The summed E-state index contributed by atoms with van der Waals surface area (Å²) in [5.74, 6) is 0.540. The fraction of sp³-hybridized carbons (Fsp3) is 0.500. The first kappa shape index (κ1) is 28.4. The smallest absolute Gasteiger partial charge is 0.295 e. The third kappa shape index (κ3) is 6.51. The van der Waals surface area contributed by atoms with Gasteiger partial charge in [-0.2, -0.15) is 0 Å². The second-order valence-corrected chi connectivity index (χ2v) is 17.1. The minimum atomic E-state index is -1.75. The Morgan fingerprint density at radius 2 is 1.89 bits per heavy atom. The summed E-state index contributed by atoms with van der Waals surface area (Å²) in [6, 6.07) is 3.46. The number of rotatable bonds is 9. The number of nitrogens with zero attached hydrogens (tertiary/aromatic N) is 4. The molecule has 1 aliphatic carbocycles. The quantitative estimate of drug-likeness (QED) is 0.231. The van der Waals surface area contributed by atoms with Gasteiger partial charge >= 0.3 is 0 Å². The summed E-state index contributed by atoms with van der Waals surface area (Å²) in [6.45, 7) is 13.7. The van der Waals surface area contributed by atoms with Gasteiger partial charge < -0.3 is 13.9 Å². The van der Waals surface area contributed by atoms with E-state index in [1.807, 2.05) is 6.92 Å². The van der Waals surface area contributed by atoms with Crippen molar-refractivity contribution >= 4 is 42.3 Å². The van der Waals surface area contributed by atoms with E-state index in [2.05, 4.69) is 59.3 Å². The van der Waals surface area contributed by atoms with Gasteiger partial charge in [-0.25, -0.2) is 4.98 Å². The molecule has 4 rings (SSSR count). The van der Waals surface area contributed by atoms with Crippen LogP contribution < -0.4 is 14.8 Å². The topological polar surface area (TPSA) is 108 Å². The highest BCUT2D eigenvalue weighted by atomic mass is 35.5. The second kappa shape index (κ2) is 11.2. The number of hydrogen-bond acceptors (Lipinski definition) is 9. The van der Waals surface area contributed by atoms with E-state index >= 15 is 0 Å². The van der Waals surface area contributed by atoms with Gasteiger partial charge in [0.1, 0.15) is 10.9 Å². The number of halogens is 1. The summed E-state index contributed by atoms with van der Waals surface area (Å²) >= 11 is 7.31. The van der Waals surface area contributed by atoms with E-state index in [0.717, 1.165) is 18.5 Å². The Balaban J connectivity index is 1.36. The van der Waals surface area contributed by atoms with Crippen LogP contribution >= 0.6 is 22.9 Å². The second-order valence-electron chi connectivity index (χ2n) is 11.1. The molecule has 0 spiro atoms. The standard InChI is InChI=1S/C26H34ClN5O4SSi/c1-15-8-18(19-11-22(27)29-13-21(19)34-5)20(12-28-15)23(33)30-24-31-32-25(37-24)35-14-16-9-17(10-16)36-38(6,7)26(2,3)4/h8,11-13,16-17H,9-10,14H2,1-7H3,(H,30,31,33)/t16-,17-. The lowest BCUT2D eigenvalue weighted by Gasteiger charge is -2.44. The number of hydrogen-bond donors (Lipinski definition) is 1. The number of ether oxygens (including phenoxy) is 2. The molecule has 1 amide bonds. The van der Waals surface area contributed by atoms with Gasteiger partial charge in [0.25, 0.3) is 11.1 Å². The fourth-order valence-corrected chi connectivity index (χ4v) is 6.06. The molecule has 12 heteroatoms. The van der Waals surface area contributed by atoms with E-state index < -0.39 is 8.32 Å². The predicted octanol–water partition coefficient (Wildman–Crippen LogP) is 6.40. The zero-order valence-electron chi connectivity index (χ0n) is 22.8. The first-order valence-electron chi connectivity index (χ1n) is 12.5. The molecule has 3 aromatic heterocycles. The van der Waals surface area contributed by atoms with Crippen LogP contribution in [0.25, 0.3) is 11.1 Å². The molecule has 3 heterocycles. The van der Waals surface area contributed by atoms with Crippen LogP contribution in [0.5, 0.6) is 10.9 Å². The minimum absolute atomic E-state index is 0.203. The fourth-order valence-electron chi connectivity index (χ4n) is 3.93. The van der Waals surface area contributed by atoms with E-state index in [-0.39, 0.29) is 16.1 Å². The molecule has 1 fully saturated rings. The maximum absolute atomic E-state index is 13.2. The van der Waals surface area contributed by atoms with E-state index in [0.29, 0.717) is 51.4 Å². The Labute approximate surface area is 233 Å². The van der Waals surface area contributed by atoms with Gasteiger partial charge in [-0.15, -0.1) is 5.10 Å². The Kier molecular flexibility index (Phi) is 8.41. The van der Waals surface area contributed by atoms with Crippen LogP contribution in [-0.4, -0.2) is 54.2 Å². The third-order valence-electron chi connectivity index (χ3n) is 7.16. The average Bonchev–Trinajstić information content (AvgIpc) is 3.26. The van der Waals surface area contributed by atoms with Gasteiger partial charge in [0.2, 0.25) is 5.13 Å². The van der Waals surface area contributed by atoms with Crippen molar-refractivity contribution in [3.8, 4) is 22.1 Å². The van der Waals surface area contributed by atoms with Crippen molar-refractivity contribution < 1.29 is 18.7 Å². The van der Waals surface area contributed by atoms with Gasteiger partial charge in [-0.1, -0.05) is 37.5 Å². The van der Waals surface area contributed by atoms with Crippen molar-refractivity contribution in [2.45, 2.75) is 64.8 Å². The molecule has 38 heavy (non-hydrogen) atoms. The van der Waals surface area contributed by atoms with Gasteiger partial charge in [-0.05, 0) is 67.3 Å². The molecule has 0 aliphatic heterocycles. The summed E-state index contributed by atoms with van der Waals surface area (Å²) in [5.41, 5.74) is 2.35. The van der Waals surface area contributed by atoms with Gasteiger partial charge in [0.15, 0.2) is 8.32 Å². The van der Waals surface area contributed by atoms with Crippen molar-refractivity contribution in [1.82, 2.24) is 20.2 Å². The molecular weight excluding hydrogens is 542 g/mol. The van der Waals surface area contributed by atoms with Crippen molar-refractivity contribution in [2.75, 3.05) is 19.0 Å². The number of amides is 1. The highest BCUT2D eigenvalue weighted by molar-refractivity contribution is 7.17. The number of aromatic nitrogens is 4. The summed E-state index contributed by atoms with van der Waals surface area (Å²) in [6.07, 6.45) is 5.32. The maximum Gasteiger partial charge on any atom is 0.295 e. The van der Waals surface area contributed by atoms with Gasteiger partial charge in [0.05, 0.1) is 25.5 Å². The van der Waals surface area contributed by atoms with E-state index in [9.17, 15) is 4.79 Å². The third-order valence-corrected chi connectivity index (χ3v) is 12.7. The molecule has 0 bridgehead atoms. The molecule has 1 saturated carbocycles. The Hall–Kier alpha value is -2.60. The maximum atomic E-state index is 13.2. The van der Waals surface area contributed by atoms with Crippen LogP contribution in [-0.2, 0) is 4.43 Å². The Bertz CT molecular complexity index is 1310. The van der Waals surface area contributed by atoms with Crippen LogP contribution in [0.4, 0.5) is 5.13 Å². The number of pyridine rings is 2. The van der Waals surface area contributed by atoms with Crippen molar-refractivity contribution in [1.29, 1.82) is 0 Å². The summed E-state index contributed by atoms with van der Waals surface area (Å²) in [7, 11) is -0.217. The van der Waals surface area contributed by atoms with E-state index in [4.69, 9.17) is 25.5 Å². The van der Waals surface area contributed by atoms with Crippen LogP contribution in [0.3, 0.4) is 0 Å². The number of anilines is 1. The van der Waals surface area contributed by atoms with Gasteiger partial charge in [0, 0.05) is 29.1 Å². The molecule has 0 radical (unpaired) electrons. The normalized spacial score (nSPS) is 17.6. The molecule has 3 aromatic rings. The number of nitrogens with one attached hydrogen (secondary N) is 1. The molecule has 0 atom stereocenters. The largest absolute Gasteiger partial charge is 0.494 e. The van der Waals surface area contributed by atoms with Crippen LogP contribution in [0.2, 0.25) is 23.3 Å². The minimum Gasteiger partial charge on any atom is -0.494 e. The van der Waals surface area contributed by atoms with E-state index in [1.165, 1.54) is 30.8 Å². The summed E-state index contributed by atoms with van der Waals surface area (Å²) in [4.78, 5) is 21.6. The van der Waals surface area contributed by atoms with Crippen molar-refractivity contribution in [3.05, 3.63) is 40.9 Å². The molecule has 0 aromatic carbocycles. The van der Waals surface area contributed by atoms with Crippen molar-refractivity contribution in [2.24, 2.45) is 5.92 Å². The molecule has 204 valence electrons. The lowest BCUT2D eigenvalue weighted by atomic mass is 9.83. The first-order valence-corrected chi connectivity index (χ1v) is 16.6. The zero-order chi connectivity index (χ0) is 27.7. The van der Waals surface area contributed by atoms with Gasteiger partial charge in [-0.3, -0.25) is 15.1 Å². The van der Waals surface area contributed by atoms with Crippen LogP contribution in [0, 0.1) is 12.8 Å². The summed E-state index contributed by atoms with van der Waals surface area (Å²) in [5, 5.41) is 12.2. The average molecular weight is 576 g/mol. The van der Waals surface area contributed by atoms with Crippen LogP contribution in [0.15, 0.2) is 24.5 Å². The zero-order valence-corrected chi connectivity index (χ0v) is 25.4. The molecule has 1 N–H and O–H groups in total. The molecule has 9 nitrogen and oxygen atoms in total. The number of carbonyl (C=O) groups is 1. The number of aryl methyl sites for hydroxylation is 1. The molecule has 0 unspecified atom stereocenters. The Morgan fingerprint density at radius 3 is 2.58 bits per heavy atom. The van der Waals surface area contributed by atoms with Crippen molar-refractivity contribution in [3.63, 3.8) is 0 Å². The Morgan fingerprint density at radius 1 is 1.16 bits per heavy atom. The predicted molar refractivity (Wildman–Crippen MR) is 152 cm³/mol. The lowest BCUT2D eigenvalue weighted by molar-refractivity contribution is 0.0287. The number of methoxy groups -OCH3 is 1. The lowest BCUT2D eigenvalue weighted by Crippen LogP contribution is -2.48. The highest BCUT2D eigenvalue weighted by Crippen LogP contribution is 2.42.